The Bertz CT molecular complexity index is 478. The molecule has 0 aromatic carbocycles. The van der Waals surface area contributed by atoms with Crippen LogP contribution < -0.4 is 5.32 Å². The van der Waals surface area contributed by atoms with Crippen LogP contribution in [0.1, 0.15) is 16.9 Å². The molecule has 1 aromatic heterocycles. The van der Waals surface area contributed by atoms with Gasteiger partial charge in [-0.25, -0.2) is 9.59 Å². The molecule has 0 aliphatic carbocycles. The maximum absolute atomic E-state index is 11.1. The summed E-state index contributed by atoms with van der Waals surface area (Å²) in [7, 11) is 1.23. The molecule has 0 aliphatic rings. The minimum absolute atomic E-state index is 0.00969. The zero-order valence-electron chi connectivity index (χ0n) is 9.58. The number of carboxylic acid groups (broad SMARTS) is 1. The number of hydrogen-bond donors (Lipinski definition) is 2. The minimum atomic E-state index is -1.09. The first-order valence-electron chi connectivity index (χ1n) is 4.93. The van der Waals surface area contributed by atoms with Crippen molar-refractivity contribution in [3.8, 4) is 12.3 Å². The number of aliphatic carboxylic acids is 1. The summed E-state index contributed by atoms with van der Waals surface area (Å²) in [6.07, 6.45) is 5.06. The summed E-state index contributed by atoms with van der Waals surface area (Å²) in [6.45, 7) is 0. The lowest BCUT2D eigenvalue weighted by Gasteiger charge is -2.11. The standard InChI is InChI=1S/C11H11N3O4/c1-3-4-7(10(15)16)12-9-6-5-8(13-14-9)11(17)18-2/h1,5-7H,4H2,2H3,(H,12,14)(H,15,16). The highest BCUT2D eigenvalue weighted by Gasteiger charge is 2.17. The van der Waals surface area contributed by atoms with Gasteiger partial charge in [-0.05, 0) is 12.1 Å². The molecule has 0 saturated carbocycles. The second-order valence-electron chi connectivity index (χ2n) is 3.24. The molecule has 1 atom stereocenters. The van der Waals surface area contributed by atoms with Crippen LogP contribution in [-0.4, -0.2) is 40.4 Å². The molecule has 1 aromatic rings. The minimum Gasteiger partial charge on any atom is -0.480 e. The van der Waals surface area contributed by atoms with Crippen molar-refractivity contribution in [3.05, 3.63) is 17.8 Å². The van der Waals surface area contributed by atoms with Gasteiger partial charge in [0.15, 0.2) is 5.69 Å². The second kappa shape index (κ2) is 6.20. The number of rotatable bonds is 5. The van der Waals surface area contributed by atoms with Crippen molar-refractivity contribution < 1.29 is 19.4 Å². The topological polar surface area (TPSA) is 101 Å². The Morgan fingerprint density at radius 3 is 2.72 bits per heavy atom. The van der Waals surface area contributed by atoms with E-state index in [2.05, 4.69) is 26.2 Å². The summed E-state index contributed by atoms with van der Waals surface area (Å²) in [5.41, 5.74) is 0.0341. The first kappa shape index (κ1) is 13.4. The maximum Gasteiger partial charge on any atom is 0.358 e. The molecule has 2 N–H and O–H groups in total. The Labute approximate surface area is 103 Å². The molecule has 0 spiro atoms. The molecule has 1 unspecified atom stereocenters. The number of aromatic nitrogens is 2. The van der Waals surface area contributed by atoms with Crippen LogP contribution >= 0.6 is 0 Å². The molecule has 1 heterocycles. The Balaban J connectivity index is 2.77. The third kappa shape index (κ3) is 3.45. The van der Waals surface area contributed by atoms with Gasteiger partial charge < -0.3 is 15.2 Å². The zero-order valence-corrected chi connectivity index (χ0v) is 9.58. The monoisotopic (exact) mass is 249 g/mol. The summed E-state index contributed by atoms with van der Waals surface area (Å²) >= 11 is 0. The van der Waals surface area contributed by atoms with Gasteiger partial charge in [-0.2, -0.15) is 0 Å². The Kier molecular flexibility index (Phi) is 4.63. The predicted molar refractivity (Wildman–Crippen MR) is 61.9 cm³/mol. The van der Waals surface area contributed by atoms with Gasteiger partial charge in [-0.1, -0.05) is 0 Å². The number of nitrogens with zero attached hydrogens (tertiary/aromatic N) is 2. The molecule has 0 fully saturated rings. The maximum atomic E-state index is 11.1. The predicted octanol–water partition coefficient (Wildman–Crippen LogP) is 0.152. The molecule has 0 aliphatic heterocycles. The van der Waals surface area contributed by atoms with E-state index < -0.39 is 18.0 Å². The highest BCUT2D eigenvalue weighted by atomic mass is 16.5. The average molecular weight is 249 g/mol. The van der Waals surface area contributed by atoms with Crippen molar-refractivity contribution in [2.75, 3.05) is 12.4 Å². The van der Waals surface area contributed by atoms with Gasteiger partial charge in [0.2, 0.25) is 0 Å². The van der Waals surface area contributed by atoms with Gasteiger partial charge in [0.05, 0.1) is 7.11 Å². The number of esters is 1. The summed E-state index contributed by atoms with van der Waals surface area (Å²) < 4.78 is 4.45. The van der Waals surface area contributed by atoms with Crippen LogP contribution in [-0.2, 0) is 9.53 Å². The van der Waals surface area contributed by atoms with Crippen LogP contribution in [0.4, 0.5) is 5.82 Å². The van der Waals surface area contributed by atoms with E-state index >= 15 is 0 Å². The second-order valence-corrected chi connectivity index (χ2v) is 3.24. The molecule has 0 amide bonds. The Morgan fingerprint density at radius 1 is 1.56 bits per heavy atom. The molecular weight excluding hydrogens is 238 g/mol. The SMILES string of the molecule is C#CCC(Nc1ccc(C(=O)OC)nn1)C(=O)O. The molecule has 1 rings (SSSR count). The highest BCUT2D eigenvalue weighted by molar-refractivity contribution is 5.87. The van der Waals surface area contributed by atoms with Crippen LogP contribution in [0.3, 0.4) is 0 Å². The average Bonchev–Trinajstić information content (AvgIpc) is 2.38. The van der Waals surface area contributed by atoms with E-state index in [4.69, 9.17) is 11.5 Å². The van der Waals surface area contributed by atoms with E-state index in [1.807, 2.05) is 0 Å². The number of hydrogen-bond acceptors (Lipinski definition) is 6. The summed E-state index contributed by atoms with van der Waals surface area (Å²) in [6, 6.07) is 1.84. The number of carbonyl (C=O) groups excluding carboxylic acids is 1. The summed E-state index contributed by atoms with van der Waals surface area (Å²) in [5.74, 6) is 0.747. The molecule has 94 valence electrons. The van der Waals surface area contributed by atoms with Gasteiger partial charge in [0.1, 0.15) is 11.9 Å². The lowest BCUT2D eigenvalue weighted by Crippen LogP contribution is -2.29. The molecule has 18 heavy (non-hydrogen) atoms. The highest BCUT2D eigenvalue weighted by Crippen LogP contribution is 2.06. The fourth-order valence-electron chi connectivity index (χ4n) is 1.12. The van der Waals surface area contributed by atoms with Crippen LogP contribution in [0.5, 0.6) is 0 Å². The van der Waals surface area contributed by atoms with Gasteiger partial charge in [-0.3, -0.25) is 0 Å². The fourth-order valence-corrected chi connectivity index (χ4v) is 1.12. The molecule has 7 heteroatoms. The van der Waals surface area contributed by atoms with E-state index in [9.17, 15) is 9.59 Å². The van der Waals surface area contributed by atoms with Crippen molar-refractivity contribution in [1.82, 2.24) is 10.2 Å². The van der Waals surface area contributed by atoms with Crippen molar-refractivity contribution in [2.24, 2.45) is 0 Å². The van der Waals surface area contributed by atoms with E-state index in [0.717, 1.165) is 0 Å². The number of ether oxygens (including phenoxy) is 1. The third-order valence-corrected chi connectivity index (χ3v) is 2.00. The number of carbonyl (C=O) groups is 2. The first-order valence-corrected chi connectivity index (χ1v) is 4.93. The molecule has 0 saturated heterocycles. The van der Waals surface area contributed by atoms with E-state index in [0.29, 0.717) is 0 Å². The first-order chi connectivity index (χ1) is 8.58. The van der Waals surface area contributed by atoms with E-state index in [-0.39, 0.29) is 17.9 Å². The number of carboxylic acids is 1. The van der Waals surface area contributed by atoms with Crippen LogP contribution in [0.15, 0.2) is 12.1 Å². The van der Waals surface area contributed by atoms with Gasteiger partial charge >= 0.3 is 11.9 Å². The fraction of sp³-hybridized carbons (Fsp3) is 0.273. The number of methoxy groups -OCH3 is 1. The largest absolute Gasteiger partial charge is 0.480 e. The quantitative estimate of drug-likeness (QED) is 0.565. The smallest absolute Gasteiger partial charge is 0.358 e. The van der Waals surface area contributed by atoms with Crippen LogP contribution in [0, 0.1) is 12.3 Å². The molecule has 0 bridgehead atoms. The van der Waals surface area contributed by atoms with Crippen molar-refractivity contribution in [2.45, 2.75) is 12.5 Å². The number of nitrogens with one attached hydrogen (secondary N) is 1. The van der Waals surface area contributed by atoms with Crippen molar-refractivity contribution in [1.29, 1.82) is 0 Å². The molecular formula is C11H11N3O4. The number of terminal acetylenes is 1. The summed E-state index contributed by atoms with van der Waals surface area (Å²) in [5, 5.41) is 18.7. The molecule has 7 nitrogen and oxygen atoms in total. The van der Waals surface area contributed by atoms with E-state index in [1.165, 1.54) is 19.2 Å². The lowest BCUT2D eigenvalue weighted by atomic mass is 10.2. The lowest BCUT2D eigenvalue weighted by molar-refractivity contribution is -0.137. The third-order valence-electron chi connectivity index (χ3n) is 2.00. The Morgan fingerprint density at radius 2 is 2.28 bits per heavy atom. The Hall–Kier alpha value is -2.62. The molecule has 0 radical (unpaired) electrons. The van der Waals surface area contributed by atoms with Crippen molar-refractivity contribution in [3.63, 3.8) is 0 Å². The van der Waals surface area contributed by atoms with Gasteiger partial charge in [0.25, 0.3) is 0 Å². The number of anilines is 1. The zero-order chi connectivity index (χ0) is 13.5. The normalized spacial score (nSPS) is 11.1. The van der Waals surface area contributed by atoms with Gasteiger partial charge in [-0.15, -0.1) is 22.5 Å². The summed E-state index contributed by atoms with van der Waals surface area (Å²) in [4.78, 5) is 21.9. The van der Waals surface area contributed by atoms with Crippen LogP contribution in [0.25, 0.3) is 0 Å². The van der Waals surface area contributed by atoms with Crippen LogP contribution in [0.2, 0.25) is 0 Å². The van der Waals surface area contributed by atoms with E-state index in [1.54, 1.807) is 0 Å². The van der Waals surface area contributed by atoms with Gasteiger partial charge in [0, 0.05) is 6.42 Å². The van der Waals surface area contributed by atoms with Crippen molar-refractivity contribution >= 4 is 17.8 Å².